The Hall–Kier alpha value is -0.920. The summed E-state index contributed by atoms with van der Waals surface area (Å²) in [5, 5.41) is 4.26. The van der Waals surface area contributed by atoms with Gasteiger partial charge in [0.1, 0.15) is 4.75 Å². The van der Waals surface area contributed by atoms with Crippen LogP contribution in [-0.4, -0.2) is 60.4 Å². The Morgan fingerprint density at radius 2 is 2.24 bits per heavy atom. The lowest BCUT2D eigenvalue weighted by molar-refractivity contribution is 0.0411. The largest absolute Gasteiger partial charge is 0.384 e. The number of methoxy groups -OCH3 is 1. The summed E-state index contributed by atoms with van der Waals surface area (Å²) in [5.41, 5.74) is 1.14. The lowest BCUT2D eigenvalue weighted by atomic mass is 9.83. The van der Waals surface area contributed by atoms with Crippen molar-refractivity contribution < 1.29 is 13.2 Å². The third-order valence-electron chi connectivity index (χ3n) is 4.87. The number of nitrogens with zero attached hydrogens (tertiary/aromatic N) is 3. The summed E-state index contributed by atoms with van der Waals surface area (Å²) in [6, 6.07) is 0. The summed E-state index contributed by atoms with van der Waals surface area (Å²) in [4.78, 5) is 2.20. The van der Waals surface area contributed by atoms with Gasteiger partial charge in [0.05, 0.1) is 18.6 Å². The minimum Gasteiger partial charge on any atom is -0.384 e. The van der Waals surface area contributed by atoms with E-state index in [9.17, 15) is 8.42 Å². The number of rotatable bonds is 5. The highest BCUT2D eigenvalue weighted by Crippen LogP contribution is 2.45. The van der Waals surface area contributed by atoms with Crippen LogP contribution in [0.15, 0.2) is 12.4 Å². The highest BCUT2D eigenvalue weighted by Gasteiger charge is 2.61. The molecule has 0 aliphatic carbocycles. The van der Waals surface area contributed by atoms with Gasteiger partial charge in [-0.3, -0.25) is 9.58 Å². The standard InChI is InChI=1S/C14H23N3O3S/c1-3-17-8-12(6-15-17)7-16-10-14(11-16)13(9-20-2)4-5-21(14,18)19/h6,8,13H,3-5,7,9-11H2,1-2H3/t13-/m0/s1. The Balaban J connectivity index is 1.67. The molecule has 1 aromatic heterocycles. The van der Waals surface area contributed by atoms with E-state index in [4.69, 9.17) is 4.74 Å². The minimum atomic E-state index is -2.99. The third kappa shape index (κ3) is 2.41. The van der Waals surface area contributed by atoms with Crippen molar-refractivity contribution in [1.29, 1.82) is 0 Å². The van der Waals surface area contributed by atoms with Crippen LogP contribution in [0.2, 0.25) is 0 Å². The van der Waals surface area contributed by atoms with Crippen molar-refractivity contribution in [3.8, 4) is 0 Å². The van der Waals surface area contributed by atoms with Crippen molar-refractivity contribution in [2.75, 3.05) is 32.6 Å². The molecule has 0 N–H and O–H groups in total. The van der Waals surface area contributed by atoms with Gasteiger partial charge in [0, 0.05) is 51.0 Å². The Kier molecular flexibility index (Phi) is 3.83. The average Bonchev–Trinajstić information content (AvgIpc) is 2.95. The van der Waals surface area contributed by atoms with Crippen LogP contribution in [-0.2, 0) is 27.7 Å². The molecule has 7 heteroatoms. The fourth-order valence-corrected chi connectivity index (χ4v) is 6.10. The summed E-state index contributed by atoms with van der Waals surface area (Å²) in [6.07, 6.45) is 4.63. The summed E-state index contributed by atoms with van der Waals surface area (Å²) < 4.78 is 31.4. The van der Waals surface area contributed by atoms with E-state index in [0.717, 1.165) is 25.1 Å². The first-order valence-corrected chi connectivity index (χ1v) is 9.11. The summed E-state index contributed by atoms with van der Waals surface area (Å²) in [6.45, 7) is 5.48. The van der Waals surface area contributed by atoms with Crippen LogP contribution < -0.4 is 0 Å². The van der Waals surface area contributed by atoms with Gasteiger partial charge in [-0.25, -0.2) is 8.42 Å². The van der Waals surface area contributed by atoms with Crippen molar-refractivity contribution in [2.45, 2.75) is 31.2 Å². The van der Waals surface area contributed by atoms with Gasteiger partial charge < -0.3 is 4.74 Å². The van der Waals surface area contributed by atoms with Gasteiger partial charge in [0.15, 0.2) is 9.84 Å². The van der Waals surface area contributed by atoms with E-state index >= 15 is 0 Å². The molecule has 0 amide bonds. The Morgan fingerprint density at radius 1 is 1.48 bits per heavy atom. The van der Waals surface area contributed by atoms with E-state index in [1.165, 1.54) is 0 Å². The van der Waals surface area contributed by atoms with Crippen LogP contribution in [0.25, 0.3) is 0 Å². The summed E-state index contributed by atoms with van der Waals surface area (Å²) in [7, 11) is -1.34. The molecule has 2 aliphatic rings. The second-order valence-electron chi connectivity index (χ2n) is 6.17. The molecule has 0 unspecified atom stereocenters. The highest BCUT2D eigenvalue weighted by atomic mass is 32.2. The first-order chi connectivity index (χ1) is 10.0. The van der Waals surface area contributed by atoms with E-state index in [2.05, 4.69) is 16.9 Å². The molecule has 6 nitrogen and oxygen atoms in total. The van der Waals surface area contributed by atoms with E-state index < -0.39 is 14.6 Å². The number of aryl methyl sites for hydroxylation is 1. The third-order valence-corrected chi connectivity index (χ3v) is 7.47. The van der Waals surface area contributed by atoms with Gasteiger partial charge in [-0.05, 0) is 13.3 Å². The predicted octanol–water partition coefficient (Wildman–Crippen LogP) is 0.539. The quantitative estimate of drug-likeness (QED) is 0.794. The number of ether oxygens (including phenoxy) is 1. The zero-order valence-corrected chi connectivity index (χ0v) is 13.5. The molecule has 2 aliphatic heterocycles. The van der Waals surface area contributed by atoms with Crippen LogP contribution in [0.4, 0.5) is 0 Å². The van der Waals surface area contributed by atoms with Crippen molar-refractivity contribution in [2.24, 2.45) is 5.92 Å². The molecule has 118 valence electrons. The van der Waals surface area contributed by atoms with Gasteiger partial charge in [-0.15, -0.1) is 0 Å². The van der Waals surface area contributed by atoms with Crippen LogP contribution in [0.1, 0.15) is 18.9 Å². The molecule has 3 heterocycles. The van der Waals surface area contributed by atoms with Gasteiger partial charge in [-0.2, -0.15) is 5.10 Å². The number of sulfone groups is 1. The van der Waals surface area contributed by atoms with Crippen LogP contribution in [0, 0.1) is 5.92 Å². The molecular formula is C14H23N3O3S. The second-order valence-corrected chi connectivity index (χ2v) is 8.62. The van der Waals surface area contributed by atoms with E-state index in [1.54, 1.807) is 7.11 Å². The average molecular weight is 313 g/mol. The van der Waals surface area contributed by atoms with Crippen molar-refractivity contribution in [1.82, 2.24) is 14.7 Å². The SMILES string of the molecule is CCn1cc(CN2CC3(C2)[C@H](COC)CCS3(=O)=O)cn1. The van der Waals surface area contributed by atoms with Gasteiger partial charge in [0.25, 0.3) is 0 Å². The summed E-state index contributed by atoms with van der Waals surface area (Å²) >= 11 is 0. The molecule has 0 bridgehead atoms. The molecule has 2 fully saturated rings. The molecule has 1 spiro atoms. The number of likely N-dealkylation sites (tertiary alicyclic amines) is 1. The molecular weight excluding hydrogens is 290 g/mol. The van der Waals surface area contributed by atoms with Crippen LogP contribution in [0.5, 0.6) is 0 Å². The highest BCUT2D eigenvalue weighted by molar-refractivity contribution is 7.93. The zero-order chi connectivity index (χ0) is 15.1. The maximum absolute atomic E-state index is 12.4. The van der Waals surface area contributed by atoms with E-state index in [0.29, 0.717) is 25.4 Å². The molecule has 21 heavy (non-hydrogen) atoms. The molecule has 0 saturated carbocycles. The normalized spacial score (nSPS) is 27.0. The van der Waals surface area contributed by atoms with Crippen molar-refractivity contribution in [3.63, 3.8) is 0 Å². The fraction of sp³-hybridized carbons (Fsp3) is 0.786. The van der Waals surface area contributed by atoms with Crippen LogP contribution >= 0.6 is 0 Å². The number of hydrogen-bond acceptors (Lipinski definition) is 5. The fourth-order valence-electron chi connectivity index (χ4n) is 3.65. The number of hydrogen-bond donors (Lipinski definition) is 0. The van der Waals surface area contributed by atoms with Gasteiger partial charge in [0.2, 0.25) is 0 Å². The van der Waals surface area contributed by atoms with Crippen molar-refractivity contribution in [3.05, 3.63) is 18.0 Å². The number of aromatic nitrogens is 2. The lowest BCUT2D eigenvalue weighted by Crippen LogP contribution is -2.67. The first kappa shape index (κ1) is 15.0. The molecule has 1 atom stereocenters. The molecule has 0 radical (unpaired) electrons. The molecule has 0 aromatic carbocycles. The van der Waals surface area contributed by atoms with Crippen LogP contribution in [0.3, 0.4) is 0 Å². The molecule has 1 aromatic rings. The van der Waals surface area contributed by atoms with E-state index in [1.807, 2.05) is 17.1 Å². The maximum atomic E-state index is 12.4. The monoisotopic (exact) mass is 313 g/mol. The zero-order valence-electron chi connectivity index (χ0n) is 12.7. The Bertz CT molecular complexity index is 605. The molecule has 2 saturated heterocycles. The van der Waals surface area contributed by atoms with Crippen molar-refractivity contribution >= 4 is 9.84 Å². The Labute approximate surface area is 126 Å². The van der Waals surface area contributed by atoms with E-state index in [-0.39, 0.29) is 5.92 Å². The first-order valence-electron chi connectivity index (χ1n) is 7.45. The smallest absolute Gasteiger partial charge is 0.158 e. The van der Waals surface area contributed by atoms with Gasteiger partial charge >= 0.3 is 0 Å². The second kappa shape index (κ2) is 5.37. The predicted molar refractivity (Wildman–Crippen MR) is 79.7 cm³/mol. The Morgan fingerprint density at radius 3 is 2.86 bits per heavy atom. The topological polar surface area (TPSA) is 64.4 Å². The van der Waals surface area contributed by atoms with Gasteiger partial charge in [-0.1, -0.05) is 0 Å². The molecule has 3 rings (SSSR count). The lowest BCUT2D eigenvalue weighted by Gasteiger charge is -2.49. The minimum absolute atomic E-state index is 0.141. The summed E-state index contributed by atoms with van der Waals surface area (Å²) in [5.74, 6) is 0.449. The maximum Gasteiger partial charge on any atom is 0.158 e.